The van der Waals surface area contributed by atoms with Crippen LogP contribution in [0.1, 0.15) is 19.8 Å². The van der Waals surface area contributed by atoms with Gasteiger partial charge < -0.3 is 10.2 Å². The molecule has 134 valence electrons. The molecule has 0 heterocycles. The molecule has 0 aliphatic rings. The molecule has 0 aliphatic heterocycles. The average Bonchev–Trinajstić information content (AvgIpc) is 2.26. The highest BCUT2D eigenvalue weighted by Crippen LogP contribution is 2.59. The summed E-state index contributed by atoms with van der Waals surface area (Å²) < 4.78 is 141. The van der Waals surface area contributed by atoms with E-state index in [-0.39, 0.29) is 0 Å². The van der Waals surface area contributed by atoms with E-state index >= 15 is 0 Å². The van der Waals surface area contributed by atoms with Crippen LogP contribution in [0, 0.1) is 0 Å². The van der Waals surface area contributed by atoms with E-state index in [0.717, 1.165) is 6.92 Å². The Morgan fingerprint density at radius 1 is 0.591 bits per heavy atom. The van der Waals surface area contributed by atoms with Crippen molar-refractivity contribution in [3.05, 3.63) is 0 Å². The molecule has 0 aromatic carbocycles. The molecule has 13 heteroatoms. The predicted octanol–water partition coefficient (Wildman–Crippen LogP) is 3.57. The van der Waals surface area contributed by atoms with E-state index in [1.807, 2.05) is 0 Å². The van der Waals surface area contributed by atoms with Gasteiger partial charge in [-0.1, -0.05) is 13.3 Å². The van der Waals surface area contributed by atoms with Gasteiger partial charge in [-0.25, -0.2) is 0 Å². The first kappa shape index (κ1) is 21.1. The van der Waals surface area contributed by atoms with Crippen molar-refractivity contribution in [1.29, 1.82) is 0 Å². The Balaban J connectivity index is 6.11. The zero-order valence-corrected chi connectivity index (χ0v) is 10.5. The largest absolute Gasteiger partial charge is 0.400 e. The zero-order valence-electron chi connectivity index (χ0n) is 10.5. The Bertz CT molecular complexity index is 399. The van der Waals surface area contributed by atoms with Crippen LogP contribution in [0.5, 0.6) is 0 Å². The summed E-state index contributed by atoms with van der Waals surface area (Å²) in [4.78, 5) is 0. The number of alkyl halides is 11. The molecule has 0 unspecified atom stereocenters. The first-order chi connectivity index (χ1) is 9.31. The van der Waals surface area contributed by atoms with Crippen LogP contribution >= 0.6 is 0 Å². The van der Waals surface area contributed by atoms with Gasteiger partial charge in [-0.05, 0) is 0 Å². The molecule has 0 saturated carbocycles. The second-order valence-electron chi connectivity index (χ2n) is 4.34. The fraction of sp³-hybridized carbons (Fsp3) is 1.00. The van der Waals surface area contributed by atoms with Gasteiger partial charge in [0, 0.05) is 6.42 Å². The fourth-order valence-electron chi connectivity index (χ4n) is 1.29. The maximum atomic E-state index is 13.0. The van der Waals surface area contributed by atoms with Gasteiger partial charge in [-0.15, -0.1) is 0 Å². The van der Waals surface area contributed by atoms with Crippen molar-refractivity contribution < 1.29 is 58.5 Å². The molecule has 0 aromatic heterocycles. The molecule has 0 bridgehead atoms. The lowest BCUT2D eigenvalue weighted by molar-refractivity contribution is -0.466. The summed E-state index contributed by atoms with van der Waals surface area (Å²) in [5, 5.41) is 15.4. The summed E-state index contributed by atoms with van der Waals surface area (Å²) >= 11 is 0. The van der Waals surface area contributed by atoms with Crippen LogP contribution in [0.15, 0.2) is 0 Å². The molecule has 2 N–H and O–H groups in total. The Kier molecular flexibility index (Phi) is 5.15. The van der Waals surface area contributed by atoms with Gasteiger partial charge in [0.2, 0.25) is 0 Å². The first-order valence-corrected chi connectivity index (χ1v) is 5.34. The van der Waals surface area contributed by atoms with E-state index in [1.54, 1.807) is 0 Å². The van der Waals surface area contributed by atoms with Gasteiger partial charge in [0.25, 0.3) is 0 Å². The second-order valence-corrected chi connectivity index (χ2v) is 4.34. The molecule has 0 amide bonds. The number of hydrogen-bond acceptors (Lipinski definition) is 2. The number of rotatable bonds is 7. The minimum atomic E-state index is -7.56. The highest BCUT2D eigenvalue weighted by molar-refractivity contribution is 5.09. The molecule has 2 nitrogen and oxygen atoms in total. The Labute approximate surface area is 115 Å². The lowest BCUT2D eigenvalue weighted by atomic mass is 9.92. The van der Waals surface area contributed by atoms with Crippen molar-refractivity contribution >= 4 is 0 Å². The number of aliphatic hydroxyl groups is 2. The van der Waals surface area contributed by atoms with Crippen molar-refractivity contribution in [2.24, 2.45) is 0 Å². The quantitative estimate of drug-likeness (QED) is 0.540. The van der Waals surface area contributed by atoms with E-state index < -0.39 is 48.5 Å². The first-order valence-electron chi connectivity index (χ1n) is 5.34. The van der Waals surface area contributed by atoms with Gasteiger partial charge in [0.15, 0.2) is 0 Å². The summed E-state index contributed by atoms with van der Waals surface area (Å²) in [6.45, 7) is 0.781. The molecule has 0 fully saturated rings. The summed E-state index contributed by atoms with van der Waals surface area (Å²) in [6, 6.07) is -6.37. The zero-order chi connectivity index (χ0) is 18.4. The minimum Gasteiger partial charge on any atom is -0.335 e. The van der Waals surface area contributed by atoms with E-state index in [9.17, 15) is 48.3 Å². The summed E-state index contributed by atoms with van der Waals surface area (Å²) in [7, 11) is 0. The molecule has 0 radical (unpaired) electrons. The molecule has 0 atom stereocenters. The fourth-order valence-corrected chi connectivity index (χ4v) is 1.29. The van der Waals surface area contributed by atoms with E-state index in [1.165, 1.54) is 0 Å². The third kappa shape index (κ3) is 2.72. The van der Waals surface area contributed by atoms with Crippen LogP contribution in [0.25, 0.3) is 0 Å². The SMILES string of the molecule is CCCC(F)(F)C(F)(F)C(F)(F)C(F)(F)C(F)(F)C(O)(O)F. The van der Waals surface area contributed by atoms with Gasteiger partial charge in [0.1, 0.15) is 0 Å². The van der Waals surface area contributed by atoms with Crippen LogP contribution < -0.4 is 0 Å². The molecule has 0 aliphatic carbocycles. The molecule has 0 aromatic rings. The van der Waals surface area contributed by atoms with Crippen LogP contribution in [-0.4, -0.2) is 45.9 Å². The molecule has 0 spiro atoms. The van der Waals surface area contributed by atoms with Crippen LogP contribution in [0.3, 0.4) is 0 Å². The van der Waals surface area contributed by atoms with Crippen molar-refractivity contribution in [2.45, 2.75) is 55.4 Å². The van der Waals surface area contributed by atoms with Crippen molar-refractivity contribution in [2.75, 3.05) is 0 Å². The van der Waals surface area contributed by atoms with Crippen molar-refractivity contribution in [3.8, 4) is 0 Å². The lowest BCUT2D eigenvalue weighted by Gasteiger charge is -2.40. The Morgan fingerprint density at radius 2 is 0.909 bits per heavy atom. The molecule has 0 rings (SSSR count). The Morgan fingerprint density at radius 3 is 1.18 bits per heavy atom. The molecular weight excluding hydrogens is 349 g/mol. The van der Waals surface area contributed by atoms with E-state index in [4.69, 9.17) is 10.2 Å². The maximum absolute atomic E-state index is 13.0. The van der Waals surface area contributed by atoms with Crippen LogP contribution in [-0.2, 0) is 0 Å². The van der Waals surface area contributed by atoms with Crippen molar-refractivity contribution in [3.63, 3.8) is 0 Å². The summed E-state index contributed by atoms with van der Waals surface area (Å²) in [6.07, 6.45) is -2.98. The number of hydrogen-bond donors (Lipinski definition) is 2. The van der Waals surface area contributed by atoms with Gasteiger partial charge in [-0.3, -0.25) is 0 Å². The van der Waals surface area contributed by atoms with Gasteiger partial charge in [-0.2, -0.15) is 48.3 Å². The molecular formula is C9H9F11O2. The maximum Gasteiger partial charge on any atom is 0.400 e. The highest BCUT2D eigenvalue weighted by atomic mass is 19.4. The van der Waals surface area contributed by atoms with Gasteiger partial charge >= 0.3 is 35.7 Å². The minimum absolute atomic E-state index is 0.781. The van der Waals surface area contributed by atoms with Crippen LogP contribution in [0.4, 0.5) is 48.3 Å². The summed E-state index contributed by atoms with van der Waals surface area (Å²) in [5.74, 6) is -35.2. The molecule has 22 heavy (non-hydrogen) atoms. The Hall–Kier alpha value is -0.850. The molecule has 0 saturated heterocycles. The topological polar surface area (TPSA) is 40.5 Å². The standard InChI is InChI=1S/C9H9F11O2/c1-2-3-4(10,11)5(12,13)6(14,15)7(16,17)8(18,19)9(20,21)22/h21-22H,2-3H2,1H3. The summed E-state index contributed by atoms with van der Waals surface area (Å²) in [5.41, 5.74) is 0. The number of halogens is 11. The van der Waals surface area contributed by atoms with E-state index in [2.05, 4.69) is 0 Å². The third-order valence-electron chi connectivity index (χ3n) is 2.61. The third-order valence-corrected chi connectivity index (χ3v) is 2.61. The van der Waals surface area contributed by atoms with Crippen LogP contribution in [0.2, 0.25) is 0 Å². The normalized spacial score (nSPS) is 16.1. The van der Waals surface area contributed by atoms with Gasteiger partial charge in [0.05, 0.1) is 0 Å². The highest BCUT2D eigenvalue weighted by Gasteiger charge is 2.89. The average molecular weight is 358 g/mol. The van der Waals surface area contributed by atoms with E-state index in [0.29, 0.717) is 0 Å². The van der Waals surface area contributed by atoms with Crippen molar-refractivity contribution in [1.82, 2.24) is 0 Å². The lowest BCUT2D eigenvalue weighted by Crippen LogP contribution is -2.71. The smallest absolute Gasteiger partial charge is 0.335 e. The second kappa shape index (κ2) is 5.35. The predicted molar refractivity (Wildman–Crippen MR) is 47.9 cm³/mol. The monoisotopic (exact) mass is 358 g/mol.